The quantitative estimate of drug-likeness (QED) is 0.799. The molecule has 3 rings (SSSR count). The molecule has 0 bridgehead atoms. The Bertz CT molecular complexity index is 629. The van der Waals surface area contributed by atoms with Gasteiger partial charge in [0.25, 0.3) is 0 Å². The molecule has 3 nitrogen and oxygen atoms in total. The molecular weight excluding hydrogens is 252 g/mol. The van der Waals surface area contributed by atoms with Gasteiger partial charge >= 0.3 is 0 Å². The summed E-state index contributed by atoms with van der Waals surface area (Å²) in [6.45, 7) is 0.669. The number of hydrogen-bond donors (Lipinski definition) is 0. The van der Waals surface area contributed by atoms with E-state index in [0.29, 0.717) is 18.6 Å². The van der Waals surface area contributed by atoms with Crippen LogP contribution >= 0.6 is 0 Å². The number of ketones is 1. The van der Waals surface area contributed by atoms with Crippen LogP contribution in [0.4, 0.5) is 0 Å². The van der Waals surface area contributed by atoms with Crippen molar-refractivity contribution < 1.29 is 14.3 Å². The second kappa shape index (κ2) is 5.37. The van der Waals surface area contributed by atoms with E-state index < -0.39 is 0 Å². The van der Waals surface area contributed by atoms with E-state index in [2.05, 4.69) is 0 Å². The molecule has 0 atom stereocenters. The summed E-state index contributed by atoms with van der Waals surface area (Å²) in [6.07, 6.45) is 1.27. The molecule has 0 saturated heterocycles. The van der Waals surface area contributed by atoms with E-state index in [1.54, 1.807) is 7.11 Å². The van der Waals surface area contributed by atoms with Crippen LogP contribution in [0, 0.1) is 0 Å². The molecule has 20 heavy (non-hydrogen) atoms. The minimum Gasteiger partial charge on any atom is -0.497 e. The van der Waals surface area contributed by atoms with Crippen LogP contribution in [0.25, 0.3) is 0 Å². The van der Waals surface area contributed by atoms with E-state index in [4.69, 9.17) is 9.47 Å². The lowest BCUT2D eigenvalue weighted by Gasteiger charge is -2.07. The molecule has 2 aromatic carbocycles. The minimum absolute atomic E-state index is 0.0916. The van der Waals surface area contributed by atoms with E-state index >= 15 is 0 Å². The molecule has 0 amide bonds. The first-order valence-electron chi connectivity index (χ1n) is 6.69. The fourth-order valence-corrected chi connectivity index (χ4v) is 2.46. The highest BCUT2D eigenvalue weighted by Gasteiger charge is 2.20. The van der Waals surface area contributed by atoms with Crippen LogP contribution in [-0.4, -0.2) is 19.5 Å². The zero-order valence-corrected chi connectivity index (χ0v) is 11.4. The summed E-state index contributed by atoms with van der Waals surface area (Å²) in [5.74, 6) is 1.66. The van der Waals surface area contributed by atoms with Crippen molar-refractivity contribution in [2.24, 2.45) is 0 Å². The van der Waals surface area contributed by atoms with Gasteiger partial charge in [-0.15, -0.1) is 0 Å². The Hall–Kier alpha value is -2.29. The van der Waals surface area contributed by atoms with Gasteiger partial charge in [0.2, 0.25) is 0 Å². The zero-order valence-electron chi connectivity index (χ0n) is 11.4. The molecule has 102 valence electrons. The topological polar surface area (TPSA) is 35.5 Å². The summed E-state index contributed by atoms with van der Waals surface area (Å²) in [4.78, 5) is 12.4. The van der Waals surface area contributed by atoms with Gasteiger partial charge in [0.05, 0.1) is 19.3 Å². The molecule has 0 radical (unpaired) electrons. The lowest BCUT2D eigenvalue weighted by atomic mass is 10.00. The number of fused-ring (bicyclic) bond motifs is 1. The molecule has 0 aliphatic carbocycles. The standard InChI is InChI=1S/C17H16O3/c1-19-14-7-5-12(6-8-14)11-16(18)15-4-2-3-13-9-10-20-17(13)15/h2-8H,9-11H2,1H3. The smallest absolute Gasteiger partial charge is 0.170 e. The molecule has 0 fully saturated rings. The largest absolute Gasteiger partial charge is 0.497 e. The monoisotopic (exact) mass is 268 g/mol. The van der Waals surface area contributed by atoms with E-state index in [1.165, 1.54) is 0 Å². The van der Waals surface area contributed by atoms with Gasteiger partial charge in [0.1, 0.15) is 11.5 Å². The normalized spacial score (nSPS) is 12.7. The van der Waals surface area contributed by atoms with Crippen molar-refractivity contribution in [1.82, 2.24) is 0 Å². The average Bonchev–Trinajstić information content (AvgIpc) is 2.96. The van der Waals surface area contributed by atoms with Crippen LogP contribution in [-0.2, 0) is 12.8 Å². The summed E-state index contributed by atoms with van der Waals surface area (Å²) < 4.78 is 10.7. The average molecular weight is 268 g/mol. The molecule has 2 aromatic rings. The van der Waals surface area contributed by atoms with E-state index in [9.17, 15) is 4.79 Å². The van der Waals surface area contributed by atoms with Crippen molar-refractivity contribution >= 4 is 5.78 Å². The summed E-state index contributed by atoms with van der Waals surface area (Å²) in [7, 11) is 1.63. The number of carbonyl (C=O) groups excluding carboxylic acids is 1. The van der Waals surface area contributed by atoms with Crippen molar-refractivity contribution in [2.75, 3.05) is 13.7 Å². The molecule has 1 aliphatic rings. The number of ether oxygens (including phenoxy) is 2. The van der Waals surface area contributed by atoms with Gasteiger partial charge < -0.3 is 9.47 Å². The third-order valence-electron chi connectivity index (χ3n) is 3.54. The lowest BCUT2D eigenvalue weighted by molar-refractivity contribution is 0.0990. The van der Waals surface area contributed by atoms with Crippen molar-refractivity contribution in [3.8, 4) is 11.5 Å². The maximum Gasteiger partial charge on any atom is 0.170 e. The number of methoxy groups -OCH3 is 1. The van der Waals surface area contributed by atoms with Gasteiger partial charge in [-0.1, -0.05) is 24.3 Å². The summed E-state index contributed by atoms with van der Waals surface area (Å²) >= 11 is 0. The molecule has 0 N–H and O–H groups in total. The number of benzene rings is 2. The molecular formula is C17H16O3. The SMILES string of the molecule is COc1ccc(CC(=O)c2cccc3c2OCC3)cc1. The number of para-hydroxylation sites is 1. The summed E-state index contributed by atoms with van der Waals surface area (Å²) in [5.41, 5.74) is 2.80. The van der Waals surface area contributed by atoms with Crippen molar-refractivity contribution in [3.05, 3.63) is 59.2 Å². The van der Waals surface area contributed by atoms with Crippen LogP contribution in [0.5, 0.6) is 11.5 Å². The third kappa shape index (κ3) is 2.39. The highest BCUT2D eigenvalue weighted by molar-refractivity contribution is 6.00. The van der Waals surface area contributed by atoms with E-state index in [-0.39, 0.29) is 5.78 Å². The first-order valence-corrected chi connectivity index (χ1v) is 6.69. The van der Waals surface area contributed by atoms with Crippen LogP contribution in [0.2, 0.25) is 0 Å². The van der Waals surface area contributed by atoms with E-state index in [1.807, 2.05) is 42.5 Å². The van der Waals surface area contributed by atoms with Crippen molar-refractivity contribution in [3.63, 3.8) is 0 Å². The number of Topliss-reactive ketones (excluding diaryl/α,β-unsaturated/α-hetero) is 1. The van der Waals surface area contributed by atoms with Crippen LogP contribution in [0.15, 0.2) is 42.5 Å². The van der Waals surface area contributed by atoms with Gasteiger partial charge in [-0.25, -0.2) is 0 Å². The summed E-state index contributed by atoms with van der Waals surface area (Å²) in [6, 6.07) is 13.4. The molecule has 1 heterocycles. The number of hydrogen-bond acceptors (Lipinski definition) is 3. The zero-order chi connectivity index (χ0) is 13.9. The van der Waals surface area contributed by atoms with Crippen molar-refractivity contribution in [2.45, 2.75) is 12.8 Å². The van der Waals surface area contributed by atoms with Gasteiger partial charge in [0, 0.05) is 12.8 Å². The second-order valence-electron chi connectivity index (χ2n) is 4.84. The Morgan fingerprint density at radius 1 is 1.20 bits per heavy atom. The number of carbonyl (C=O) groups is 1. The Morgan fingerprint density at radius 3 is 2.75 bits per heavy atom. The second-order valence-corrected chi connectivity index (χ2v) is 4.84. The maximum atomic E-state index is 12.4. The van der Waals surface area contributed by atoms with Gasteiger partial charge in [-0.3, -0.25) is 4.79 Å². The Morgan fingerprint density at radius 2 is 2.00 bits per heavy atom. The van der Waals surface area contributed by atoms with Crippen LogP contribution in [0.1, 0.15) is 21.5 Å². The highest BCUT2D eigenvalue weighted by Crippen LogP contribution is 2.30. The minimum atomic E-state index is 0.0916. The summed E-state index contributed by atoms with van der Waals surface area (Å²) in [5, 5.41) is 0. The van der Waals surface area contributed by atoms with Crippen LogP contribution in [0.3, 0.4) is 0 Å². The first-order chi connectivity index (χ1) is 9.78. The van der Waals surface area contributed by atoms with Crippen LogP contribution < -0.4 is 9.47 Å². The molecule has 3 heteroatoms. The van der Waals surface area contributed by atoms with Gasteiger partial charge in [0.15, 0.2) is 5.78 Å². The third-order valence-corrected chi connectivity index (χ3v) is 3.54. The Kier molecular flexibility index (Phi) is 3.42. The number of rotatable bonds is 4. The predicted octanol–water partition coefficient (Wildman–Crippen LogP) is 3.06. The molecule has 0 spiro atoms. The highest BCUT2D eigenvalue weighted by atomic mass is 16.5. The molecule has 0 unspecified atom stereocenters. The maximum absolute atomic E-state index is 12.4. The molecule has 0 aromatic heterocycles. The fraction of sp³-hybridized carbons (Fsp3) is 0.235. The van der Waals surface area contributed by atoms with Gasteiger partial charge in [-0.2, -0.15) is 0 Å². The van der Waals surface area contributed by atoms with E-state index in [0.717, 1.165) is 29.0 Å². The molecule has 1 aliphatic heterocycles. The predicted molar refractivity (Wildman–Crippen MR) is 76.7 cm³/mol. The Labute approximate surface area is 118 Å². The lowest BCUT2D eigenvalue weighted by Crippen LogP contribution is -2.05. The Balaban J connectivity index is 1.81. The first kappa shape index (κ1) is 12.7. The molecule has 0 saturated carbocycles. The van der Waals surface area contributed by atoms with Gasteiger partial charge in [-0.05, 0) is 29.3 Å². The van der Waals surface area contributed by atoms with Crippen molar-refractivity contribution in [1.29, 1.82) is 0 Å². The fourth-order valence-electron chi connectivity index (χ4n) is 2.46.